The number of nitrogens with zero attached hydrogens (tertiary/aromatic N) is 1. The standard InChI is InChI=1S/C16H25NO11/c1-2-3-6-17-7-12(8(19)5(4-18)25-15(7)26-6)27-16-11(22)9(20)10(21)13(28-16)14(23)24/h5,7-13,15-16,18-22H,2-4H2,1H3,(H,23,24)/t5-,7+,8-,9+,10+,11-,12-,13+,15+,16-/m1/s1. The van der Waals surface area contributed by atoms with Crippen molar-refractivity contribution < 1.29 is 54.4 Å². The zero-order chi connectivity index (χ0) is 20.6. The van der Waals surface area contributed by atoms with Crippen LogP contribution in [0.5, 0.6) is 0 Å². The Bertz CT molecular complexity index is 601. The number of aliphatic carboxylic acids is 1. The summed E-state index contributed by atoms with van der Waals surface area (Å²) in [6.07, 6.45) is -12.4. The van der Waals surface area contributed by atoms with Crippen LogP contribution in [-0.4, -0.2) is 110 Å². The molecule has 2 fully saturated rings. The first-order chi connectivity index (χ1) is 13.3. The third-order valence-electron chi connectivity index (χ3n) is 4.94. The molecule has 10 atom stereocenters. The van der Waals surface area contributed by atoms with Crippen LogP contribution in [0.25, 0.3) is 0 Å². The molecule has 2 saturated heterocycles. The zero-order valence-corrected chi connectivity index (χ0v) is 15.1. The highest BCUT2D eigenvalue weighted by atomic mass is 16.7. The number of aliphatic hydroxyl groups excluding tert-OH is 5. The van der Waals surface area contributed by atoms with Crippen molar-refractivity contribution in [1.29, 1.82) is 0 Å². The predicted octanol–water partition coefficient (Wildman–Crippen LogP) is -3.06. The summed E-state index contributed by atoms with van der Waals surface area (Å²) in [5.41, 5.74) is 0. The van der Waals surface area contributed by atoms with Crippen molar-refractivity contribution in [2.75, 3.05) is 6.61 Å². The van der Waals surface area contributed by atoms with E-state index in [4.69, 9.17) is 24.1 Å². The molecule has 0 aromatic carbocycles. The molecule has 0 amide bonds. The third-order valence-corrected chi connectivity index (χ3v) is 4.94. The van der Waals surface area contributed by atoms with Gasteiger partial charge in [-0.3, -0.25) is 0 Å². The highest BCUT2D eigenvalue weighted by Gasteiger charge is 2.54. The summed E-state index contributed by atoms with van der Waals surface area (Å²) >= 11 is 0. The summed E-state index contributed by atoms with van der Waals surface area (Å²) < 4.78 is 21.8. The average Bonchev–Trinajstić information content (AvgIpc) is 3.06. The molecule has 3 aliphatic rings. The lowest BCUT2D eigenvalue weighted by Gasteiger charge is -2.44. The predicted molar refractivity (Wildman–Crippen MR) is 88.2 cm³/mol. The lowest BCUT2D eigenvalue weighted by molar-refractivity contribution is -0.331. The fourth-order valence-corrected chi connectivity index (χ4v) is 3.43. The van der Waals surface area contributed by atoms with Crippen molar-refractivity contribution in [2.24, 2.45) is 4.99 Å². The Labute approximate surface area is 159 Å². The van der Waals surface area contributed by atoms with E-state index in [2.05, 4.69) is 4.99 Å². The van der Waals surface area contributed by atoms with Gasteiger partial charge in [-0.15, -0.1) is 0 Å². The van der Waals surface area contributed by atoms with Gasteiger partial charge >= 0.3 is 5.97 Å². The monoisotopic (exact) mass is 407 g/mol. The molecule has 0 spiro atoms. The zero-order valence-electron chi connectivity index (χ0n) is 15.1. The molecular formula is C16H25NO11. The topological polar surface area (TPSA) is 188 Å². The Morgan fingerprint density at radius 2 is 1.82 bits per heavy atom. The number of hydrogen-bond donors (Lipinski definition) is 6. The van der Waals surface area contributed by atoms with Crippen LogP contribution in [0.1, 0.15) is 19.8 Å². The Kier molecular flexibility index (Phi) is 6.51. The Morgan fingerprint density at radius 3 is 2.43 bits per heavy atom. The number of ether oxygens (including phenoxy) is 4. The van der Waals surface area contributed by atoms with Crippen LogP contribution in [0.3, 0.4) is 0 Å². The third kappa shape index (κ3) is 3.86. The van der Waals surface area contributed by atoms with Gasteiger partial charge in [-0.2, -0.15) is 0 Å². The lowest BCUT2D eigenvalue weighted by atomic mass is 9.96. The summed E-state index contributed by atoms with van der Waals surface area (Å²) in [6.45, 7) is 1.36. The Balaban J connectivity index is 1.81. The largest absolute Gasteiger partial charge is 0.479 e. The normalized spacial score (nSPS) is 45.9. The molecule has 160 valence electrons. The summed E-state index contributed by atoms with van der Waals surface area (Å²) in [5.74, 6) is -1.18. The summed E-state index contributed by atoms with van der Waals surface area (Å²) in [6, 6.07) is -0.859. The van der Waals surface area contributed by atoms with E-state index in [0.717, 1.165) is 6.42 Å². The van der Waals surface area contributed by atoms with Gasteiger partial charge in [0.2, 0.25) is 6.29 Å². The van der Waals surface area contributed by atoms with Crippen LogP contribution in [0, 0.1) is 0 Å². The van der Waals surface area contributed by atoms with Gasteiger partial charge in [0, 0.05) is 6.42 Å². The van der Waals surface area contributed by atoms with E-state index in [1.807, 2.05) is 6.92 Å². The molecular weight excluding hydrogens is 382 g/mol. The quantitative estimate of drug-likeness (QED) is 0.262. The van der Waals surface area contributed by atoms with Crippen molar-refractivity contribution in [3.63, 3.8) is 0 Å². The summed E-state index contributed by atoms with van der Waals surface area (Å²) in [5, 5.41) is 58.9. The fraction of sp³-hybridized carbons (Fsp3) is 0.875. The lowest BCUT2D eigenvalue weighted by Crippen LogP contribution is -2.64. The van der Waals surface area contributed by atoms with E-state index in [9.17, 15) is 30.3 Å². The van der Waals surface area contributed by atoms with Gasteiger partial charge in [0.15, 0.2) is 18.3 Å². The molecule has 12 nitrogen and oxygen atoms in total. The first-order valence-electron chi connectivity index (χ1n) is 9.04. The van der Waals surface area contributed by atoms with E-state index in [1.54, 1.807) is 0 Å². The minimum atomic E-state index is -1.87. The van der Waals surface area contributed by atoms with Crippen LogP contribution in [0.2, 0.25) is 0 Å². The molecule has 0 saturated carbocycles. The molecule has 0 aromatic heterocycles. The molecule has 0 aliphatic carbocycles. The van der Waals surface area contributed by atoms with Crippen LogP contribution in [0.15, 0.2) is 4.99 Å². The van der Waals surface area contributed by atoms with E-state index >= 15 is 0 Å². The maximum atomic E-state index is 11.2. The summed E-state index contributed by atoms with van der Waals surface area (Å²) in [7, 11) is 0. The molecule has 0 aromatic rings. The van der Waals surface area contributed by atoms with Crippen LogP contribution in [-0.2, 0) is 23.7 Å². The fourth-order valence-electron chi connectivity index (χ4n) is 3.43. The number of aliphatic hydroxyl groups is 5. The van der Waals surface area contributed by atoms with Gasteiger partial charge in [-0.1, -0.05) is 6.92 Å². The van der Waals surface area contributed by atoms with E-state index < -0.39 is 73.9 Å². The first kappa shape index (κ1) is 21.3. The first-order valence-corrected chi connectivity index (χ1v) is 9.04. The number of carboxylic acids is 1. The maximum Gasteiger partial charge on any atom is 0.335 e. The van der Waals surface area contributed by atoms with Crippen LogP contribution >= 0.6 is 0 Å². The number of carboxylic acid groups (broad SMARTS) is 1. The number of aliphatic imine (C=N–C) groups is 1. The average molecular weight is 407 g/mol. The molecule has 0 bridgehead atoms. The van der Waals surface area contributed by atoms with Gasteiger partial charge in [-0.05, 0) is 6.42 Å². The van der Waals surface area contributed by atoms with Gasteiger partial charge in [-0.25, -0.2) is 9.79 Å². The molecule has 3 aliphatic heterocycles. The Morgan fingerprint density at radius 1 is 1.11 bits per heavy atom. The molecule has 6 N–H and O–H groups in total. The van der Waals surface area contributed by atoms with Crippen molar-refractivity contribution >= 4 is 11.9 Å². The van der Waals surface area contributed by atoms with E-state index in [-0.39, 0.29) is 0 Å². The smallest absolute Gasteiger partial charge is 0.335 e. The molecule has 0 radical (unpaired) electrons. The SMILES string of the molecule is CCCC1=N[C@@H]2[C@H](O1)O[C@H](CO)[C@@H](O)[C@@H]2O[C@@H]1O[C@H](C(=O)O)[C@@H](O)[C@H](O)[C@H]1O. The second-order valence-electron chi connectivity index (χ2n) is 6.93. The number of carbonyl (C=O) groups is 1. The van der Waals surface area contributed by atoms with Gasteiger partial charge in [0.1, 0.15) is 42.7 Å². The molecule has 12 heteroatoms. The molecule has 0 unspecified atom stereocenters. The van der Waals surface area contributed by atoms with E-state index in [1.165, 1.54) is 0 Å². The number of hydrogen-bond acceptors (Lipinski definition) is 11. The second kappa shape index (κ2) is 8.55. The minimum absolute atomic E-state index is 0.376. The van der Waals surface area contributed by atoms with Crippen LogP contribution in [0.4, 0.5) is 0 Å². The molecule has 28 heavy (non-hydrogen) atoms. The van der Waals surface area contributed by atoms with Crippen LogP contribution < -0.4 is 0 Å². The second-order valence-corrected chi connectivity index (χ2v) is 6.93. The van der Waals surface area contributed by atoms with Crippen molar-refractivity contribution in [3.8, 4) is 0 Å². The van der Waals surface area contributed by atoms with Crippen molar-refractivity contribution in [3.05, 3.63) is 0 Å². The highest BCUT2D eigenvalue weighted by Crippen LogP contribution is 2.34. The summed E-state index contributed by atoms with van der Waals surface area (Å²) in [4.78, 5) is 15.6. The number of fused-ring (bicyclic) bond motifs is 1. The highest BCUT2D eigenvalue weighted by molar-refractivity contribution is 5.78. The van der Waals surface area contributed by atoms with Crippen molar-refractivity contribution in [2.45, 2.75) is 81.1 Å². The van der Waals surface area contributed by atoms with Crippen molar-refractivity contribution in [1.82, 2.24) is 0 Å². The van der Waals surface area contributed by atoms with Gasteiger partial charge < -0.3 is 49.6 Å². The Hall–Kier alpha value is -1.38. The molecule has 3 rings (SSSR count). The van der Waals surface area contributed by atoms with Gasteiger partial charge in [0.25, 0.3) is 0 Å². The van der Waals surface area contributed by atoms with Gasteiger partial charge in [0.05, 0.1) is 6.61 Å². The maximum absolute atomic E-state index is 11.2. The molecule has 3 heterocycles. The number of rotatable bonds is 6. The van der Waals surface area contributed by atoms with E-state index in [0.29, 0.717) is 12.3 Å². The minimum Gasteiger partial charge on any atom is -0.479 e.